The van der Waals surface area contributed by atoms with E-state index < -0.39 is 11.7 Å². The molecule has 1 aromatic rings. The summed E-state index contributed by atoms with van der Waals surface area (Å²) in [5, 5.41) is 2.77. The normalized spacial score (nSPS) is 19.9. The molecule has 20 heavy (non-hydrogen) atoms. The lowest BCUT2D eigenvalue weighted by Gasteiger charge is -2.23. The van der Waals surface area contributed by atoms with Gasteiger partial charge in [0.2, 0.25) is 0 Å². The van der Waals surface area contributed by atoms with Gasteiger partial charge in [0.25, 0.3) is 0 Å². The molecule has 1 aliphatic heterocycles. The molecule has 1 fully saturated rings. The third-order valence-corrected chi connectivity index (χ3v) is 3.34. The Morgan fingerprint density at radius 2 is 2.25 bits per heavy atom. The first-order valence-electron chi connectivity index (χ1n) is 7.02. The highest BCUT2D eigenvalue weighted by Gasteiger charge is 2.26. The molecule has 0 radical (unpaired) electrons. The summed E-state index contributed by atoms with van der Waals surface area (Å²) in [6, 6.07) is 4.24. The Morgan fingerprint density at radius 1 is 1.50 bits per heavy atom. The maximum absolute atomic E-state index is 11.9. The molecular weight excluding hydrogens is 254 g/mol. The Hall–Kier alpha value is -1.62. The van der Waals surface area contributed by atoms with Crippen LogP contribution in [0, 0.1) is 0 Å². The Balaban J connectivity index is 2.14. The van der Waals surface area contributed by atoms with E-state index in [1.807, 2.05) is 32.9 Å². The van der Waals surface area contributed by atoms with Gasteiger partial charge in [0.15, 0.2) is 0 Å². The van der Waals surface area contributed by atoms with E-state index in [2.05, 4.69) is 22.2 Å². The topological polar surface area (TPSA) is 54.5 Å². The fourth-order valence-corrected chi connectivity index (χ4v) is 2.49. The molecule has 2 rings (SSSR count). The number of likely N-dealkylation sites (tertiary alicyclic amines) is 1. The van der Waals surface area contributed by atoms with Crippen molar-refractivity contribution in [3.8, 4) is 0 Å². The smallest absolute Gasteiger partial charge is 0.413 e. The van der Waals surface area contributed by atoms with Crippen LogP contribution in [-0.2, 0) is 4.74 Å². The van der Waals surface area contributed by atoms with Gasteiger partial charge in [-0.3, -0.25) is 10.2 Å². The molecule has 1 N–H and O–H groups in total. The lowest BCUT2D eigenvalue weighted by atomic mass is 10.1. The van der Waals surface area contributed by atoms with Crippen molar-refractivity contribution >= 4 is 11.9 Å². The zero-order valence-corrected chi connectivity index (χ0v) is 12.6. The Morgan fingerprint density at radius 3 is 2.85 bits per heavy atom. The summed E-state index contributed by atoms with van der Waals surface area (Å²) in [7, 11) is 2.10. The highest BCUT2D eigenvalue weighted by molar-refractivity contribution is 5.84. The molecule has 0 spiro atoms. The molecule has 5 heteroatoms. The third kappa shape index (κ3) is 3.70. The van der Waals surface area contributed by atoms with Gasteiger partial charge in [-0.15, -0.1) is 0 Å². The minimum atomic E-state index is -0.511. The maximum Gasteiger partial charge on any atom is 0.413 e. The summed E-state index contributed by atoms with van der Waals surface area (Å²) >= 11 is 0. The second-order valence-electron chi connectivity index (χ2n) is 6.21. The molecule has 1 aromatic heterocycles. The SMILES string of the molecule is CN1CCC[C@H]1c1cccnc1NC(=O)OC(C)(C)C. The number of nitrogens with one attached hydrogen (secondary N) is 1. The molecule has 0 aliphatic carbocycles. The summed E-state index contributed by atoms with van der Waals surface area (Å²) in [6.45, 7) is 6.61. The van der Waals surface area contributed by atoms with Gasteiger partial charge in [-0.25, -0.2) is 9.78 Å². The predicted octanol–water partition coefficient (Wildman–Crippen LogP) is 3.20. The van der Waals surface area contributed by atoms with E-state index >= 15 is 0 Å². The number of rotatable bonds is 2. The molecule has 110 valence electrons. The monoisotopic (exact) mass is 277 g/mol. The Kier molecular flexibility index (Phi) is 4.28. The number of pyridine rings is 1. The average molecular weight is 277 g/mol. The minimum Gasteiger partial charge on any atom is -0.444 e. The van der Waals surface area contributed by atoms with Crippen LogP contribution in [0.15, 0.2) is 18.3 Å². The molecule has 5 nitrogen and oxygen atoms in total. The van der Waals surface area contributed by atoms with Crippen molar-refractivity contribution in [2.75, 3.05) is 18.9 Å². The fourth-order valence-electron chi connectivity index (χ4n) is 2.49. The van der Waals surface area contributed by atoms with Crippen molar-refractivity contribution in [2.24, 2.45) is 0 Å². The number of carbonyl (C=O) groups excluding carboxylic acids is 1. The van der Waals surface area contributed by atoms with Gasteiger partial charge >= 0.3 is 6.09 Å². The van der Waals surface area contributed by atoms with Crippen molar-refractivity contribution < 1.29 is 9.53 Å². The van der Waals surface area contributed by atoms with Crippen molar-refractivity contribution in [3.63, 3.8) is 0 Å². The lowest BCUT2D eigenvalue weighted by molar-refractivity contribution is 0.0635. The van der Waals surface area contributed by atoms with Gasteiger partial charge in [0.1, 0.15) is 11.4 Å². The van der Waals surface area contributed by atoms with Gasteiger partial charge in [-0.05, 0) is 53.3 Å². The molecule has 0 bridgehead atoms. The molecule has 2 heterocycles. The minimum absolute atomic E-state index is 0.314. The number of aromatic nitrogens is 1. The van der Waals surface area contributed by atoms with Gasteiger partial charge in [-0.2, -0.15) is 0 Å². The number of amides is 1. The van der Waals surface area contributed by atoms with E-state index in [1.165, 1.54) is 6.42 Å². The Bertz CT molecular complexity index is 482. The van der Waals surface area contributed by atoms with Crippen LogP contribution in [0.4, 0.5) is 10.6 Å². The number of hydrogen-bond donors (Lipinski definition) is 1. The molecule has 0 saturated carbocycles. The van der Waals surface area contributed by atoms with E-state index in [9.17, 15) is 4.79 Å². The van der Waals surface area contributed by atoms with Crippen LogP contribution in [0.5, 0.6) is 0 Å². The van der Waals surface area contributed by atoms with Crippen LogP contribution < -0.4 is 5.32 Å². The lowest BCUT2D eigenvalue weighted by Crippen LogP contribution is -2.28. The second kappa shape index (κ2) is 5.79. The van der Waals surface area contributed by atoms with E-state index in [0.717, 1.165) is 18.5 Å². The second-order valence-corrected chi connectivity index (χ2v) is 6.21. The molecule has 1 atom stereocenters. The van der Waals surface area contributed by atoms with Crippen LogP contribution in [-0.4, -0.2) is 35.2 Å². The van der Waals surface area contributed by atoms with Gasteiger partial charge in [0, 0.05) is 17.8 Å². The van der Waals surface area contributed by atoms with Crippen LogP contribution in [0.1, 0.15) is 45.2 Å². The Labute approximate surface area is 120 Å². The predicted molar refractivity (Wildman–Crippen MR) is 78.7 cm³/mol. The van der Waals surface area contributed by atoms with E-state index in [0.29, 0.717) is 11.9 Å². The number of hydrogen-bond acceptors (Lipinski definition) is 4. The van der Waals surface area contributed by atoms with E-state index in [-0.39, 0.29) is 0 Å². The van der Waals surface area contributed by atoms with Crippen molar-refractivity contribution in [3.05, 3.63) is 23.9 Å². The van der Waals surface area contributed by atoms with Crippen LogP contribution >= 0.6 is 0 Å². The molecule has 1 aliphatic rings. The maximum atomic E-state index is 11.9. The highest BCUT2D eigenvalue weighted by Crippen LogP contribution is 2.33. The zero-order valence-electron chi connectivity index (χ0n) is 12.6. The molecule has 0 aromatic carbocycles. The van der Waals surface area contributed by atoms with E-state index in [1.54, 1.807) is 6.20 Å². The standard InChI is InChI=1S/C15H23N3O2/c1-15(2,3)20-14(19)17-13-11(7-5-9-16-13)12-8-6-10-18(12)4/h5,7,9,12H,6,8,10H2,1-4H3,(H,16,17,19)/t12-/m0/s1. The molecule has 1 amide bonds. The summed E-state index contributed by atoms with van der Waals surface area (Å²) in [5.41, 5.74) is 0.543. The highest BCUT2D eigenvalue weighted by atomic mass is 16.6. The third-order valence-electron chi connectivity index (χ3n) is 3.34. The van der Waals surface area contributed by atoms with Crippen molar-refractivity contribution in [1.29, 1.82) is 0 Å². The zero-order chi connectivity index (χ0) is 14.8. The van der Waals surface area contributed by atoms with Crippen LogP contribution in [0.3, 0.4) is 0 Å². The van der Waals surface area contributed by atoms with Crippen molar-refractivity contribution in [1.82, 2.24) is 9.88 Å². The first-order chi connectivity index (χ1) is 9.37. The summed E-state index contributed by atoms with van der Waals surface area (Å²) < 4.78 is 5.28. The number of nitrogens with zero attached hydrogens (tertiary/aromatic N) is 2. The van der Waals surface area contributed by atoms with Crippen LogP contribution in [0.2, 0.25) is 0 Å². The molecule has 0 unspecified atom stereocenters. The fraction of sp³-hybridized carbons (Fsp3) is 0.600. The summed E-state index contributed by atoms with van der Waals surface area (Å²) in [5.74, 6) is 0.598. The quantitative estimate of drug-likeness (QED) is 0.902. The van der Waals surface area contributed by atoms with Gasteiger partial charge in [0.05, 0.1) is 0 Å². The number of ether oxygens (including phenoxy) is 1. The first-order valence-corrected chi connectivity index (χ1v) is 7.02. The largest absolute Gasteiger partial charge is 0.444 e. The molecule has 1 saturated heterocycles. The first kappa shape index (κ1) is 14.8. The van der Waals surface area contributed by atoms with Gasteiger partial charge < -0.3 is 4.74 Å². The van der Waals surface area contributed by atoms with Gasteiger partial charge in [-0.1, -0.05) is 6.07 Å². The van der Waals surface area contributed by atoms with Crippen molar-refractivity contribution in [2.45, 2.75) is 45.3 Å². The number of anilines is 1. The van der Waals surface area contributed by atoms with Crippen LogP contribution in [0.25, 0.3) is 0 Å². The molecular formula is C15H23N3O2. The summed E-state index contributed by atoms with van der Waals surface area (Å²) in [6.07, 6.45) is 3.48. The number of carbonyl (C=O) groups is 1. The average Bonchev–Trinajstić information content (AvgIpc) is 2.73. The van der Waals surface area contributed by atoms with E-state index in [4.69, 9.17) is 4.74 Å². The summed E-state index contributed by atoms with van der Waals surface area (Å²) in [4.78, 5) is 18.5.